The van der Waals surface area contributed by atoms with Crippen molar-refractivity contribution >= 4 is 41.3 Å². The lowest BCUT2D eigenvalue weighted by Gasteiger charge is -2.49. The number of carboxylic acid groups (broad SMARTS) is 1. The maximum atomic E-state index is 13.2. The van der Waals surface area contributed by atoms with Gasteiger partial charge in [-0.05, 0) is 48.7 Å². The van der Waals surface area contributed by atoms with Crippen molar-refractivity contribution in [1.29, 1.82) is 0 Å². The highest BCUT2D eigenvalue weighted by atomic mass is 32.2. The van der Waals surface area contributed by atoms with E-state index in [4.69, 9.17) is 15.0 Å². The molecule has 38 heavy (non-hydrogen) atoms. The van der Waals surface area contributed by atoms with Gasteiger partial charge >= 0.3 is 12.1 Å². The normalized spacial score (nSPS) is 17.6. The number of β-lactam (4-membered cyclic amide) rings is 1. The van der Waals surface area contributed by atoms with Crippen LogP contribution in [0.25, 0.3) is 10.4 Å². The van der Waals surface area contributed by atoms with Gasteiger partial charge in [0, 0.05) is 29.0 Å². The quantitative estimate of drug-likeness (QED) is 0.0383. The Morgan fingerprint density at radius 3 is 2.50 bits per heavy atom. The predicted octanol–water partition coefficient (Wildman–Crippen LogP) is 3.92. The Labute approximate surface area is 222 Å². The number of hydrogen-bond donors (Lipinski definition) is 1. The van der Waals surface area contributed by atoms with E-state index in [0.29, 0.717) is 12.0 Å². The van der Waals surface area contributed by atoms with Crippen molar-refractivity contribution in [2.24, 2.45) is 16.4 Å². The molecule has 1 aliphatic heterocycles. The molecule has 1 N–H and O–H groups in total. The molecule has 206 valence electrons. The number of Topliss-reactive ketones (excluding diaryl/α,β-unsaturated/α-hetero) is 1. The predicted molar refractivity (Wildman–Crippen MR) is 135 cm³/mol. The zero-order valence-electron chi connectivity index (χ0n) is 21.1. The Bertz CT molecular complexity index is 1110. The van der Waals surface area contributed by atoms with Crippen molar-refractivity contribution in [3.63, 3.8) is 0 Å². The SMILES string of the molecule is CSC1C(CCOC(=O)OCc2ccc([N+](=O)[O-])cc2)C(=O)N1C(C(=O)O)C(=O)C(C)(C)CCCN=[N+]=[N-]. The van der Waals surface area contributed by atoms with Crippen LogP contribution in [0.5, 0.6) is 0 Å². The minimum Gasteiger partial charge on any atom is -0.479 e. The van der Waals surface area contributed by atoms with Crippen molar-refractivity contribution in [3.8, 4) is 0 Å². The number of nitro benzene ring substituents is 1. The van der Waals surface area contributed by atoms with Crippen LogP contribution in [0.1, 0.15) is 38.7 Å². The van der Waals surface area contributed by atoms with E-state index in [-0.39, 0.29) is 38.3 Å². The number of aliphatic carboxylic acids is 1. The molecular formula is C23H29N5O9S. The maximum absolute atomic E-state index is 13.2. The van der Waals surface area contributed by atoms with Crippen LogP contribution in [-0.2, 0) is 30.5 Å². The van der Waals surface area contributed by atoms with Gasteiger partial charge in [0.05, 0.1) is 22.8 Å². The van der Waals surface area contributed by atoms with Gasteiger partial charge in [0.25, 0.3) is 5.69 Å². The van der Waals surface area contributed by atoms with Gasteiger partial charge < -0.3 is 19.5 Å². The number of thioether (sulfide) groups is 1. The molecular weight excluding hydrogens is 522 g/mol. The van der Waals surface area contributed by atoms with Gasteiger partial charge in [0.15, 0.2) is 11.8 Å². The van der Waals surface area contributed by atoms with Gasteiger partial charge in [-0.25, -0.2) is 9.59 Å². The fourth-order valence-electron chi connectivity index (χ4n) is 4.02. The molecule has 0 radical (unpaired) electrons. The third-order valence-electron chi connectivity index (χ3n) is 6.13. The summed E-state index contributed by atoms with van der Waals surface area (Å²) < 4.78 is 9.98. The van der Waals surface area contributed by atoms with E-state index in [1.54, 1.807) is 20.1 Å². The summed E-state index contributed by atoms with van der Waals surface area (Å²) in [5, 5.41) is 23.3. The summed E-state index contributed by atoms with van der Waals surface area (Å²) >= 11 is 1.21. The van der Waals surface area contributed by atoms with Crippen molar-refractivity contribution < 1.29 is 38.7 Å². The van der Waals surface area contributed by atoms with Crippen LogP contribution >= 0.6 is 11.8 Å². The van der Waals surface area contributed by atoms with Crippen molar-refractivity contribution in [2.45, 2.75) is 51.1 Å². The summed E-state index contributed by atoms with van der Waals surface area (Å²) in [4.78, 5) is 63.8. The van der Waals surface area contributed by atoms with Crippen LogP contribution in [0.3, 0.4) is 0 Å². The highest BCUT2D eigenvalue weighted by Crippen LogP contribution is 2.40. The number of ketones is 1. The Kier molecular flexibility index (Phi) is 10.9. The number of carboxylic acids is 1. The molecule has 1 aromatic rings. The van der Waals surface area contributed by atoms with Crippen LogP contribution in [0.4, 0.5) is 10.5 Å². The van der Waals surface area contributed by atoms with Crippen LogP contribution in [0, 0.1) is 21.4 Å². The first-order valence-electron chi connectivity index (χ1n) is 11.6. The lowest BCUT2D eigenvalue weighted by Crippen LogP contribution is -2.68. The minimum atomic E-state index is -1.67. The number of carbonyl (C=O) groups excluding carboxylic acids is 3. The third kappa shape index (κ3) is 7.59. The summed E-state index contributed by atoms with van der Waals surface area (Å²) in [6.07, 6.45) is 1.46. The number of rotatable bonds is 15. The number of benzene rings is 1. The molecule has 2 rings (SSSR count). The Balaban J connectivity index is 1.91. The highest BCUT2D eigenvalue weighted by Gasteiger charge is 2.55. The second-order valence-electron chi connectivity index (χ2n) is 9.12. The van der Waals surface area contributed by atoms with Gasteiger partial charge in [0.1, 0.15) is 6.61 Å². The van der Waals surface area contributed by atoms with Crippen molar-refractivity contribution in [2.75, 3.05) is 19.4 Å². The number of hydrogen-bond acceptors (Lipinski definition) is 10. The summed E-state index contributed by atoms with van der Waals surface area (Å²) in [6.45, 7) is 3.01. The molecule has 3 unspecified atom stereocenters. The van der Waals surface area contributed by atoms with Crippen LogP contribution in [0.15, 0.2) is 29.4 Å². The molecule has 0 bridgehead atoms. The zero-order chi connectivity index (χ0) is 28.5. The van der Waals surface area contributed by atoms with Crippen LogP contribution in [-0.4, -0.2) is 69.6 Å². The molecule has 1 aliphatic rings. The van der Waals surface area contributed by atoms with Gasteiger partial charge in [-0.1, -0.05) is 19.0 Å². The molecule has 1 heterocycles. The second-order valence-corrected chi connectivity index (χ2v) is 10.1. The Hall–Kier alpha value is -3.84. The van der Waals surface area contributed by atoms with E-state index in [1.165, 1.54) is 36.0 Å². The number of azide groups is 1. The average molecular weight is 552 g/mol. The first-order chi connectivity index (χ1) is 17.9. The van der Waals surface area contributed by atoms with Crippen molar-refractivity contribution in [1.82, 2.24) is 4.90 Å². The largest absolute Gasteiger partial charge is 0.508 e. The molecule has 1 aromatic carbocycles. The van der Waals surface area contributed by atoms with E-state index in [0.717, 1.165) is 4.90 Å². The molecule has 15 heteroatoms. The number of likely N-dealkylation sites (tertiary alicyclic amines) is 1. The summed E-state index contributed by atoms with van der Waals surface area (Å²) in [6, 6.07) is 3.77. The average Bonchev–Trinajstić information content (AvgIpc) is 2.88. The summed E-state index contributed by atoms with van der Waals surface area (Å²) in [7, 11) is 0. The van der Waals surface area contributed by atoms with Gasteiger partial charge in [-0.15, -0.1) is 11.8 Å². The summed E-state index contributed by atoms with van der Waals surface area (Å²) in [5.41, 5.74) is 7.74. The van der Waals surface area contributed by atoms with Gasteiger partial charge in [-0.3, -0.25) is 19.7 Å². The molecule has 14 nitrogen and oxygen atoms in total. The number of amides is 1. The van der Waals surface area contributed by atoms with Gasteiger partial charge in [-0.2, -0.15) is 0 Å². The van der Waals surface area contributed by atoms with Gasteiger partial charge in [0.2, 0.25) is 5.91 Å². The van der Waals surface area contributed by atoms with E-state index in [9.17, 15) is 34.4 Å². The fourth-order valence-corrected chi connectivity index (χ4v) is 5.06. The first-order valence-corrected chi connectivity index (χ1v) is 12.9. The molecule has 1 amide bonds. The lowest BCUT2D eigenvalue weighted by molar-refractivity contribution is -0.384. The number of nitrogens with zero attached hydrogens (tertiary/aromatic N) is 5. The Morgan fingerprint density at radius 1 is 1.29 bits per heavy atom. The minimum absolute atomic E-state index is 0.0976. The molecule has 0 aromatic heterocycles. The second kappa shape index (κ2) is 13.6. The molecule has 0 spiro atoms. The number of nitro groups is 1. The molecule has 3 atom stereocenters. The fraction of sp³-hybridized carbons (Fsp3) is 0.565. The van der Waals surface area contributed by atoms with Crippen molar-refractivity contribution in [3.05, 3.63) is 50.4 Å². The lowest BCUT2D eigenvalue weighted by atomic mass is 9.78. The molecule has 0 saturated carbocycles. The number of ether oxygens (including phenoxy) is 2. The standard InChI is InChI=1S/C23H29N5O9S/c1-23(2,10-4-11-25-26-24)18(29)17(21(31)32)27-19(30)16(20(27)38-3)9-12-36-22(33)37-13-14-5-7-15(8-6-14)28(34)35/h5-8,16-17,20H,4,9-13H2,1-3H3,(H,31,32). The molecule has 0 aliphatic carbocycles. The van der Waals surface area contributed by atoms with Crippen LogP contribution in [0.2, 0.25) is 0 Å². The third-order valence-corrected chi connectivity index (χ3v) is 7.17. The van der Waals surface area contributed by atoms with E-state index >= 15 is 0 Å². The number of non-ortho nitro benzene ring substituents is 1. The van der Waals surface area contributed by atoms with E-state index in [1.807, 2.05) is 0 Å². The Morgan fingerprint density at radius 2 is 1.95 bits per heavy atom. The smallest absolute Gasteiger partial charge is 0.479 e. The topological polar surface area (TPSA) is 202 Å². The number of carbonyl (C=O) groups is 4. The van der Waals surface area contributed by atoms with Crippen LogP contribution < -0.4 is 0 Å². The molecule has 1 saturated heterocycles. The van der Waals surface area contributed by atoms with E-state index in [2.05, 4.69) is 10.0 Å². The zero-order valence-corrected chi connectivity index (χ0v) is 22.0. The summed E-state index contributed by atoms with van der Waals surface area (Å²) in [5.74, 6) is -3.24. The maximum Gasteiger partial charge on any atom is 0.508 e. The first kappa shape index (κ1) is 30.4. The monoisotopic (exact) mass is 551 g/mol. The van der Waals surface area contributed by atoms with E-state index < -0.39 is 51.5 Å². The highest BCUT2D eigenvalue weighted by molar-refractivity contribution is 7.99. The molecule has 1 fully saturated rings.